The van der Waals surface area contributed by atoms with Gasteiger partial charge in [-0.05, 0) is 0 Å². The summed E-state index contributed by atoms with van der Waals surface area (Å²) in [7, 11) is 0. The highest BCUT2D eigenvalue weighted by Crippen LogP contribution is 2.47. The molecule has 0 atom stereocenters. The van der Waals surface area contributed by atoms with Gasteiger partial charge in [0.05, 0.1) is 5.56 Å². The molecular weight excluding hydrogens is 404 g/mol. The molecule has 1 rings (SSSR count). The lowest BCUT2D eigenvalue weighted by molar-refractivity contribution is -0.323. The Hall–Kier alpha value is -2.41. The smallest absolute Gasteiger partial charge is 0.439 e. The van der Waals surface area contributed by atoms with Crippen LogP contribution in [0.25, 0.3) is 5.76 Å². The van der Waals surface area contributed by atoms with Gasteiger partial charge in [0.1, 0.15) is 5.76 Å². The van der Waals surface area contributed by atoms with Crippen LogP contribution in [0.4, 0.5) is 52.7 Å². The van der Waals surface area contributed by atoms with Crippen molar-refractivity contribution in [2.75, 3.05) is 0 Å². The van der Waals surface area contributed by atoms with Crippen molar-refractivity contribution in [3.63, 3.8) is 0 Å². The topological polar surface area (TPSA) is 37.3 Å². The Kier molecular flexibility index (Phi) is 5.32. The quantitative estimate of drug-likeness (QED) is 0.260. The molecule has 1 aromatic carbocycles. The lowest BCUT2D eigenvalue weighted by Crippen LogP contribution is -2.58. The number of carbonyl (C=O) groups is 1. The van der Waals surface area contributed by atoms with E-state index >= 15 is 0 Å². The van der Waals surface area contributed by atoms with Crippen LogP contribution in [0, 0.1) is 29.1 Å². The van der Waals surface area contributed by atoms with Crippen LogP contribution in [0.1, 0.15) is 5.56 Å². The maximum atomic E-state index is 13.3. The van der Waals surface area contributed by atoms with E-state index in [0.717, 1.165) is 0 Å². The Morgan fingerprint density at radius 2 is 1.00 bits per heavy atom. The van der Waals surface area contributed by atoms with Gasteiger partial charge < -0.3 is 5.11 Å². The highest BCUT2D eigenvalue weighted by atomic mass is 19.4. The first-order chi connectivity index (χ1) is 11.5. The third kappa shape index (κ3) is 3.19. The van der Waals surface area contributed by atoms with Crippen LogP contribution in [0.2, 0.25) is 0 Å². The molecule has 0 aliphatic carbocycles. The van der Waals surface area contributed by atoms with Crippen LogP contribution in [0.15, 0.2) is 6.08 Å². The lowest BCUT2D eigenvalue weighted by Gasteiger charge is -2.27. The van der Waals surface area contributed by atoms with E-state index in [1.807, 2.05) is 0 Å². The molecule has 0 unspecified atom stereocenters. The number of allylic oxidation sites excluding steroid dienone is 1. The number of alkyl halides is 7. The highest BCUT2D eigenvalue weighted by Gasteiger charge is 2.76. The molecular formula is C12H2F12O2. The zero-order valence-corrected chi connectivity index (χ0v) is 11.5. The fourth-order valence-corrected chi connectivity index (χ4v) is 1.57. The number of ketones is 1. The fraction of sp³-hybridized carbons (Fsp3) is 0.250. The molecule has 0 heterocycles. The van der Waals surface area contributed by atoms with Crippen molar-refractivity contribution in [3.05, 3.63) is 40.7 Å². The molecule has 0 aliphatic heterocycles. The van der Waals surface area contributed by atoms with Gasteiger partial charge in [-0.2, -0.15) is 26.3 Å². The fourth-order valence-electron chi connectivity index (χ4n) is 1.57. The van der Waals surface area contributed by atoms with E-state index in [9.17, 15) is 57.5 Å². The van der Waals surface area contributed by atoms with E-state index in [0.29, 0.717) is 0 Å². The van der Waals surface area contributed by atoms with Crippen molar-refractivity contribution in [1.82, 2.24) is 0 Å². The number of hydrogen-bond acceptors (Lipinski definition) is 2. The summed E-state index contributed by atoms with van der Waals surface area (Å²) in [6.45, 7) is 0. The van der Waals surface area contributed by atoms with Crippen LogP contribution in [-0.2, 0) is 4.79 Å². The van der Waals surface area contributed by atoms with E-state index < -0.39 is 70.3 Å². The summed E-state index contributed by atoms with van der Waals surface area (Å²) in [6, 6.07) is 0. The average Bonchev–Trinajstić information content (AvgIpc) is 2.47. The molecule has 0 aromatic heterocycles. The van der Waals surface area contributed by atoms with Gasteiger partial charge in [-0.15, -0.1) is 0 Å². The molecule has 0 bridgehead atoms. The van der Waals surface area contributed by atoms with Crippen molar-refractivity contribution in [2.24, 2.45) is 0 Å². The number of benzene rings is 1. The Bertz CT molecular complexity index is 731. The molecule has 14 heteroatoms. The Labute approximate surface area is 134 Å². The average molecular weight is 406 g/mol. The van der Waals surface area contributed by atoms with E-state index in [-0.39, 0.29) is 0 Å². The molecule has 0 saturated heterocycles. The minimum absolute atomic E-state index is 1.29. The molecule has 26 heavy (non-hydrogen) atoms. The summed E-state index contributed by atoms with van der Waals surface area (Å²) in [5.41, 5.74) is -9.04. The van der Waals surface area contributed by atoms with Crippen molar-refractivity contribution in [2.45, 2.75) is 18.0 Å². The second-order valence-electron chi connectivity index (χ2n) is 4.49. The first-order valence-corrected chi connectivity index (χ1v) is 5.77. The molecule has 2 nitrogen and oxygen atoms in total. The van der Waals surface area contributed by atoms with E-state index in [2.05, 4.69) is 0 Å². The predicted molar refractivity (Wildman–Crippen MR) is 57.8 cm³/mol. The van der Waals surface area contributed by atoms with Gasteiger partial charge in [-0.1, -0.05) is 0 Å². The highest BCUT2D eigenvalue weighted by molar-refractivity contribution is 6.02. The molecule has 0 saturated carbocycles. The molecule has 0 amide bonds. The van der Waals surface area contributed by atoms with Crippen LogP contribution >= 0.6 is 0 Å². The molecule has 0 fully saturated rings. The molecule has 0 aliphatic rings. The molecule has 0 spiro atoms. The second-order valence-corrected chi connectivity index (χ2v) is 4.49. The summed E-state index contributed by atoms with van der Waals surface area (Å²) in [5.74, 6) is -20.2. The number of carbonyl (C=O) groups excluding carboxylic acids is 1. The molecule has 1 aromatic rings. The lowest BCUT2D eigenvalue weighted by atomic mass is 9.97. The number of aliphatic hydroxyl groups is 1. The predicted octanol–water partition coefficient (Wildman–Crippen LogP) is 4.68. The first kappa shape index (κ1) is 21.6. The molecule has 146 valence electrons. The van der Waals surface area contributed by atoms with E-state index in [4.69, 9.17) is 5.11 Å². The van der Waals surface area contributed by atoms with Gasteiger partial charge in [0.25, 0.3) is 0 Å². The third-order valence-electron chi connectivity index (χ3n) is 2.85. The van der Waals surface area contributed by atoms with Gasteiger partial charge in [0.2, 0.25) is 11.6 Å². The number of aliphatic hydroxyl groups excluding tert-OH is 1. The van der Waals surface area contributed by atoms with Gasteiger partial charge in [-0.3, -0.25) is 4.79 Å². The zero-order chi connectivity index (χ0) is 20.8. The van der Waals surface area contributed by atoms with Crippen molar-refractivity contribution in [3.8, 4) is 0 Å². The summed E-state index contributed by atoms with van der Waals surface area (Å²) in [5, 5.41) is 9.09. The summed E-state index contributed by atoms with van der Waals surface area (Å²) in [4.78, 5) is 11.0. The summed E-state index contributed by atoms with van der Waals surface area (Å²) in [6.07, 6.45) is -15.1. The minimum Gasteiger partial charge on any atom is -0.507 e. The SMILES string of the molecule is O=C(/C=C(\O)c1c(F)c(F)c(F)c(F)c1F)C(F)(C(F)(F)F)C(F)(F)F. The zero-order valence-electron chi connectivity index (χ0n) is 11.5. The number of rotatable bonds is 3. The van der Waals surface area contributed by atoms with Crippen LogP contribution < -0.4 is 0 Å². The Balaban J connectivity index is 3.63. The minimum atomic E-state index is -6.92. The monoisotopic (exact) mass is 406 g/mol. The van der Waals surface area contributed by atoms with Crippen LogP contribution in [0.5, 0.6) is 0 Å². The van der Waals surface area contributed by atoms with Gasteiger partial charge in [0, 0.05) is 6.08 Å². The van der Waals surface area contributed by atoms with E-state index in [1.165, 1.54) is 0 Å². The maximum Gasteiger partial charge on any atom is 0.439 e. The standard InChI is InChI=1S/C12H2F12O2/c13-5-4(6(14)8(16)9(17)7(5)15)2(25)1-3(26)10(18,11(19,20)21)12(22,23)24/h1,25H/b2-1-. The van der Waals surface area contributed by atoms with Crippen molar-refractivity contribution < 1.29 is 62.6 Å². The molecule has 1 N–H and O–H groups in total. The van der Waals surface area contributed by atoms with Crippen LogP contribution in [0.3, 0.4) is 0 Å². The summed E-state index contributed by atoms with van der Waals surface area (Å²) < 4.78 is 152. The Morgan fingerprint density at radius 3 is 1.31 bits per heavy atom. The third-order valence-corrected chi connectivity index (χ3v) is 2.85. The number of halogens is 12. The van der Waals surface area contributed by atoms with Crippen molar-refractivity contribution in [1.29, 1.82) is 0 Å². The largest absolute Gasteiger partial charge is 0.507 e. The second kappa shape index (κ2) is 6.39. The summed E-state index contributed by atoms with van der Waals surface area (Å²) >= 11 is 0. The van der Waals surface area contributed by atoms with Crippen LogP contribution in [-0.4, -0.2) is 28.9 Å². The normalized spacial score (nSPS) is 13.9. The molecule has 0 radical (unpaired) electrons. The Morgan fingerprint density at radius 1 is 0.692 bits per heavy atom. The maximum absolute atomic E-state index is 13.3. The van der Waals surface area contributed by atoms with Gasteiger partial charge in [-0.25, -0.2) is 26.3 Å². The van der Waals surface area contributed by atoms with Gasteiger partial charge >= 0.3 is 18.0 Å². The van der Waals surface area contributed by atoms with Crippen molar-refractivity contribution >= 4 is 11.5 Å². The number of hydrogen-bond donors (Lipinski definition) is 1. The van der Waals surface area contributed by atoms with E-state index in [1.54, 1.807) is 0 Å². The first-order valence-electron chi connectivity index (χ1n) is 5.77. The van der Waals surface area contributed by atoms with Gasteiger partial charge in [0.15, 0.2) is 23.3 Å².